The van der Waals surface area contributed by atoms with Gasteiger partial charge in [0.1, 0.15) is 0 Å². The molecule has 0 atom stereocenters. The minimum absolute atomic E-state index is 0.528. The number of benzene rings is 1. The molecule has 0 spiro atoms. The van der Waals surface area contributed by atoms with E-state index in [4.69, 9.17) is 4.74 Å². The fourth-order valence-corrected chi connectivity index (χ4v) is 2.33. The van der Waals surface area contributed by atoms with Gasteiger partial charge in [0.2, 0.25) is 0 Å². The summed E-state index contributed by atoms with van der Waals surface area (Å²) in [6.45, 7) is 5.11. The molecule has 0 aromatic heterocycles. The lowest BCUT2D eigenvalue weighted by Gasteiger charge is -2.17. The molecular formula is C15H23NO. The average Bonchev–Trinajstić information content (AvgIpc) is 3.08. The predicted octanol–water partition coefficient (Wildman–Crippen LogP) is 2.55. The van der Waals surface area contributed by atoms with Crippen LogP contribution in [0.15, 0.2) is 24.3 Å². The summed E-state index contributed by atoms with van der Waals surface area (Å²) >= 11 is 0. The van der Waals surface area contributed by atoms with Crippen LogP contribution < -0.4 is 5.32 Å². The summed E-state index contributed by atoms with van der Waals surface area (Å²) in [7, 11) is 1.75. The highest BCUT2D eigenvalue weighted by atomic mass is 16.5. The van der Waals surface area contributed by atoms with E-state index in [1.165, 1.54) is 30.4 Å². The van der Waals surface area contributed by atoms with Crippen molar-refractivity contribution in [1.29, 1.82) is 0 Å². The van der Waals surface area contributed by atoms with Crippen molar-refractivity contribution in [1.82, 2.24) is 5.32 Å². The summed E-state index contributed by atoms with van der Waals surface area (Å²) in [5.74, 6) is 0. The van der Waals surface area contributed by atoms with Crippen molar-refractivity contribution < 1.29 is 4.74 Å². The van der Waals surface area contributed by atoms with E-state index in [2.05, 4.69) is 36.5 Å². The second-order valence-corrected chi connectivity index (χ2v) is 5.27. The summed E-state index contributed by atoms with van der Waals surface area (Å²) in [6.07, 6.45) is 3.95. The van der Waals surface area contributed by atoms with Crippen molar-refractivity contribution in [2.75, 3.05) is 26.8 Å². The van der Waals surface area contributed by atoms with Gasteiger partial charge in [0.05, 0.1) is 6.61 Å². The van der Waals surface area contributed by atoms with Gasteiger partial charge in [-0.25, -0.2) is 0 Å². The Labute approximate surface area is 104 Å². The molecule has 0 bridgehead atoms. The number of ether oxygens (including phenoxy) is 1. The molecule has 1 aromatic carbocycles. The molecule has 0 aliphatic heterocycles. The normalized spacial score (nSPS) is 17.1. The SMILES string of the molecule is COCCNCC1(Cc2ccccc2C)CC1. The zero-order chi connectivity index (χ0) is 12.1. The second-order valence-electron chi connectivity index (χ2n) is 5.27. The molecule has 0 saturated heterocycles. The summed E-state index contributed by atoms with van der Waals surface area (Å²) < 4.78 is 5.05. The number of hydrogen-bond donors (Lipinski definition) is 1. The monoisotopic (exact) mass is 233 g/mol. The summed E-state index contributed by atoms with van der Waals surface area (Å²) in [5, 5.41) is 3.50. The van der Waals surface area contributed by atoms with E-state index in [0.717, 1.165) is 19.7 Å². The van der Waals surface area contributed by atoms with Gasteiger partial charge in [0.15, 0.2) is 0 Å². The number of nitrogens with one attached hydrogen (secondary N) is 1. The maximum Gasteiger partial charge on any atom is 0.0587 e. The van der Waals surface area contributed by atoms with E-state index in [1.54, 1.807) is 7.11 Å². The third-order valence-corrected chi connectivity index (χ3v) is 3.77. The number of hydrogen-bond acceptors (Lipinski definition) is 2. The standard InChI is InChI=1S/C15H23NO/c1-13-5-3-4-6-14(13)11-15(7-8-15)12-16-9-10-17-2/h3-6,16H,7-12H2,1-2H3. The van der Waals surface area contributed by atoms with Gasteiger partial charge in [-0.15, -0.1) is 0 Å². The molecule has 1 fully saturated rings. The van der Waals surface area contributed by atoms with Crippen LogP contribution in [0.2, 0.25) is 0 Å². The molecule has 2 rings (SSSR count). The van der Waals surface area contributed by atoms with E-state index in [0.29, 0.717) is 5.41 Å². The van der Waals surface area contributed by atoms with Gasteiger partial charge in [0.25, 0.3) is 0 Å². The average molecular weight is 233 g/mol. The van der Waals surface area contributed by atoms with Crippen molar-refractivity contribution in [3.63, 3.8) is 0 Å². The molecule has 1 N–H and O–H groups in total. The van der Waals surface area contributed by atoms with Gasteiger partial charge in [-0.05, 0) is 42.7 Å². The van der Waals surface area contributed by atoms with Crippen molar-refractivity contribution in [2.24, 2.45) is 5.41 Å². The second kappa shape index (κ2) is 5.65. The van der Waals surface area contributed by atoms with E-state index in [-0.39, 0.29) is 0 Å². The highest BCUT2D eigenvalue weighted by molar-refractivity contribution is 5.28. The molecule has 94 valence electrons. The van der Waals surface area contributed by atoms with Gasteiger partial charge in [-0.1, -0.05) is 24.3 Å². The third kappa shape index (κ3) is 3.55. The van der Waals surface area contributed by atoms with E-state index in [9.17, 15) is 0 Å². The Hall–Kier alpha value is -0.860. The molecule has 0 amide bonds. The summed E-state index contributed by atoms with van der Waals surface area (Å²) in [6, 6.07) is 8.75. The highest BCUT2D eigenvalue weighted by Gasteiger charge is 2.42. The first-order valence-electron chi connectivity index (χ1n) is 6.50. The Morgan fingerprint density at radius 3 is 2.71 bits per heavy atom. The largest absolute Gasteiger partial charge is 0.383 e. The molecule has 1 saturated carbocycles. The van der Waals surface area contributed by atoms with Crippen molar-refractivity contribution in [3.05, 3.63) is 35.4 Å². The molecule has 1 aliphatic rings. The van der Waals surface area contributed by atoms with Gasteiger partial charge < -0.3 is 10.1 Å². The number of aryl methyl sites for hydroxylation is 1. The Kier molecular flexibility index (Phi) is 4.19. The topological polar surface area (TPSA) is 21.3 Å². The molecule has 17 heavy (non-hydrogen) atoms. The first-order chi connectivity index (χ1) is 8.26. The lowest BCUT2D eigenvalue weighted by molar-refractivity contribution is 0.197. The minimum Gasteiger partial charge on any atom is -0.383 e. The van der Waals surface area contributed by atoms with E-state index < -0.39 is 0 Å². The third-order valence-electron chi connectivity index (χ3n) is 3.77. The lowest BCUT2D eigenvalue weighted by atomic mass is 9.93. The fourth-order valence-electron chi connectivity index (χ4n) is 2.33. The van der Waals surface area contributed by atoms with Crippen LogP contribution in [0.25, 0.3) is 0 Å². The van der Waals surface area contributed by atoms with E-state index in [1.807, 2.05) is 0 Å². The number of methoxy groups -OCH3 is 1. The zero-order valence-corrected chi connectivity index (χ0v) is 11.0. The smallest absolute Gasteiger partial charge is 0.0587 e. The zero-order valence-electron chi connectivity index (χ0n) is 11.0. The molecular weight excluding hydrogens is 210 g/mol. The Morgan fingerprint density at radius 1 is 1.29 bits per heavy atom. The minimum atomic E-state index is 0.528. The van der Waals surface area contributed by atoms with Crippen molar-refractivity contribution in [2.45, 2.75) is 26.2 Å². The summed E-state index contributed by atoms with van der Waals surface area (Å²) in [4.78, 5) is 0. The lowest BCUT2D eigenvalue weighted by Crippen LogP contribution is -2.28. The molecule has 1 aromatic rings. The van der Waals surface area contributed by atoms with Crippen molar-refractivity contribution in [3.8, 4) is 0 Å². The maximum atomic E-state index is 5.05. The Bertz CT molecular complexity index is 358. The predicted molar refractivity (Wildman–Crippen MR) is 71.3 cm³/mol. The van der Waals surface area contributed by atoms with Crippen molar-refractivity contribution >= 4 is 0 Å². The molecule has 0 unspecified atom stereocenters. The molecule has 0 heterocycles. The van der Waals surface area contributed by atoms with Gasteiger partial charge >= 0.3 is 0 Å². The Morgan fingerprint density at radius 2 is 2.06 bits per heavy atom. The first-order valence-corrected chi connectivity index (χ1v) is 6.50. The van der Waals surface area contributed by atoms with Gasteiger partial charge in [-0.2, -0.15) is 0 Å². The van der Waals surface area contributed by atoms with Crippen LogP contribution in [0.5, 0.6) is 0 Å². The molecule has 0 radical (unpaired) electrons. The van der Waals surface area contributed by atoms with Gasteiger partial charge in [-0.3, -0.25) is 0 Å². The first kappa shape index (κ1) is 12.6. The molecule has 2 heteroatoms. The highest BCUT2D eigenvalue weighted by Crippen LogP contribution is 2.48. The van der Waals surface area contributed by atoms with Crippen LogP contribution in [-0.4, -0.2) is 26.8 Å². The van der Waals surface area contributed by atoms with Crippen LogP contribution in [0, 0.1) is 12.3 Å². The van der Waals surface area contributed by atoms with Crippen LogP contribution in [-0.2, 0) is 11.2 Å². The number of rotatable bonds is 7. The maximum absolute atomic E-state index is 5.05. The quantitative estimate of drug-likeness (QED) is 0.731. The fraction of sp³-hybridized carbons (Fsp3) is 0.600. The van der Waals surface area contributed by atoms with Gasteiger partial charge in [0, 0.05) is 20.2 Å². The summed E-state index contributed by atoms with van der Waals surface area (Å²) in [5.41, 5.74) is 3.47. The van der Waals surface area contributed by atoms with E-state index >= 15 is 0 Å². The molecule has 1 aliphatic carbocycles. The van der Waals surface area contributed by atoms with Crippen LogP contribution in [0.1, 0.15) is 24.0 Å². The van der Waals surface area contributed by atoms with Crippen LogP contribution in [0.3, 0.4) is 0 Å². The molecule has 2 nitrogen and oxygen atoms in total. The van der Waals surface area contributed by atoms with Crippen LogP contribution >= 0.6 is 0 Å². The van der Waals surface area contributed by atoms with Crippen LogP contribution in [0.4, 0.5) is 0 Å². The Balaban J connectivity index is 1.84.